The average molecular weight is 189 g/mol. The molecule has 0 aliphatic rings. The van der Waals surface area contributed by atoms with E-state index in [1.165, 1.54) is 7.11 Å². The number of carboxylic acids is 1. The third-order valence-corrected chi connectivity index (χ3v) is 1.57. The molecule has 0 saturated carbocycles. The number of ether oxygens (including phenoxy) is 1. The molecule has 0 aromatic rings. The van der Waals surface area contributed by atoms with Crippen LogP contribution in [0.4, 0.5) is 0 Å². The van der Waals surface area contributed by atoms with Gasteiger partial charge >= 0.3 is 11.9 Å². The van der Waals surface area contributed by atoms with Crippen molar-refractivity contribution in [3.63, 3.8) is 0 Å². The zero-order valence-electron chi connectivity index (χ0n) is 8.03. The Morgan fingerprint density at radius 1 is 1.46 bits per heavy atom. The molecule has 2 atom stereocenters. The Balaban J connectivity index is 3.83. The van der Waals surface area contributed by atoms with Crippen LogP contribution in [0.25, 0.3) is 0 Å². The van der Waals surface area contributed by atoms with Gasteiger partial charge in [-0.15, -0.1) is 0 Å². The number of methoxy groups -OCH3 is 1. The highest BCUT2D eigenvalue weighted by Gasteiger charge is 2.16. The summed E-state index contributed by atoms with van der Waals surface area (Å²) in [6.07, 6.45) is -0.0126. The first kappa shape index (κ1) is 11.9. The van der Waals surface area contributed by atoms with Crippen molar-refractivity contribution in [3.8, 4) is 0 Å². The predicted molar refractivity (Wildman–Crippen MR) is 46.3 cm³/mol. The SMILES string of the molecule is COC(=O)C(C)NC(C)CC(=O)O. The number of carbonyl (C=O) groups excluding carboxylic acids is 1. The lowest BCUT2D eigenvalue weighted by molar-refractivity contribution is -0.143. The molecule has 0 aliphatic carbocycles. The summed E-state index contributed by atoms with van der Waals surface area (Å²) in [6, 6.07) is -0.717. The molecule has 5 nitrogen and oxygen atoms in total. The summed E-state index contributed by atoms with van der Waals surface area (Å²) in [7, 11) is 1.29. The van der Waals surface area contributed by atoms with Gasteiger partial charge in [0.1, 0.15) is 6.04 Å². The van der Waals surface area contributed by atoms with Crippen molar-refractivity contribution < 1.29 is 19.4 Å². The lowest BCUT2D eigenvalue weighted by Crippen LogP contribution is -2.41. The fourth-order valence-electron chi connectivity index (χ4n) is 0.992. The van der Waals surface area contributed by atoms with Crippen LogP contribution in [0.2, 0.25) is 0 Å². The molecule has 0 saturated heterocycles. The summed E-state index contributed by atoms with van der Waals surface area (Å²) in [5.41, 5.74) is 0. The molecule has 0 spiro atoms. The van der Waals surface area contributed by atoms with Gasteiger partial charge in [0.2, 0.25) is 0 Å². The van der Waals surface area contributed by atoms with Crippen LogP contribution in [0, 0.1) is 0 Å². The van der Waals surface area contributed by atoms with E-state index in [1.807, 2.05) is 0 Å². The highest BCUT2D eigenvalue weighted by Crippen LogP contribution is 1.94. The van der Waals surface area contributed by atoms with Crippen molar-refractivity contribution in [1.29, 1.82) is 0 Å². The van der Waals surface area contributed by atoms with Crippen LogP contribution in [-0.2, 0) is 14.3 Å². The smallest absolute Gasteiger partial charge is 0.322 e. The molecule has 0 aliphatic heterocycles. The van der Waals surface area contributed by atoms with E-state index in [-0.39, 0.29) is 12.5 Å². The van der Waals surface area contributed by atoms with Gasteiger partial charge in [0.25, 0.3) is 0 Å². The number of esters is 1. The summed E-state index contributed by atoms with van der Waals surface area (Å²) >= 11 is 0. The number of hydrogen-bond acceptors (Lipinski definition) is 4. The molecule has 76 valence electrons. The lowest BCUT2D eigenvalue weighted by Gasteiger charge is -2.16. The fourth-order valence-corrected chi connectivity index (χ4v) is 0.992. The van der Waals surface area contributed by atoms with Gasteiger partial charge in [-0.3, -0.25) is 9.59 Å². The highest BCUT2D eigenvalue weighted by atomic mass is 16.5. The molecule has 0 aromatic carbocycles. The summed E-state index contributed by atoms with van der Waals surface area (Å²) in [5.74, 6) is -1.28. The van der Waals surface area contributed by atoms with E-state index in [2.05, 4.69) is 10.1 Å². The Labute approximate surface area is 77.1 Å². The van der Waals surface area contributed by atoms with Crippen molar-refractivity contribution in [2.75, 3.05) is 7.11 Å². The normalized spacial score (nSPS) is 14.7. The number of nitrogens with one attached hydrogen (secondary N) is 1. The standard InChI is InChI=1S/C8H15NO4/c1-5(4-7(10)11)9-6(2)8(12)13-3/h5-6,9H,4H2,1-3H3,(H,10,11). The maximum absolute atomic E-state index is 10.9. The number of carboxylic acid groups (broad SMARTS) is 1. The van der Waals surface area contributed by atoms with Crippen molar-refractivity contribution >= 4 is 11.9 Å². The summed E-state index contributed by atoms with van der Waals surface area (Å²) in [5, 5.41) is 11.2. The minimum atomic E-state index is -0.892. The van der Waals surface area contributed by atoms with Crippen LogP contribution < -0.4 is 5.32 Å². The largest absolute Gasteiger partial charge is 0.481 e. The Bertz CT molecular complexity index is 193. The number of hydrogen-bond donors (Lipinski definition) is 2. The molecule has 13 heavy (non-hydrogen) atoms. The molecule has 2 unspecified atom stereocenters. The van der Waals surface area contributed by atoms with Crippen LogP contribution in [0.3, 0.4) is 0 Å². The molecular formula is C8H15NO4. The van der Waals surface area contributed by atoms with Crippen LogP contribution in [0.1, 0.15) is 20.3 Å². The third kappa shape index (κ3) is 5.19. The van der Waals surface area contributed by atoms with E-state index in [9.17, 15) is 9.59 Å². The van der Waals surface area contributed by atoms with Gasteiger partial charge in [-0.1, -0.05) is 0 Å². The van der Waals surface area contributed by atoms with Crippen LogP contribution in [0.5, 0.6) is 0 Å². The van der Waals surface area contributed by atoms with Gasteiger partial charge in [0, 0.05) is 6.04 Å². The molecule has 0 aromatic heterocycles. The highest BCUT2D eigenvalue weighted by molar-refractivity contribution is 5.75. The second-order valence-corrected chi connectivity index (χ2v) is 2.91. The molecule has 0 bridgehead atoms. The van der Waals surface area contributed by atoms with Crippen LogP contribution in [-0.4, -0.2) is 36.2 Å². The molecule has 0 fully saturated rings. The third-order valence-electron chi connectivity index (χ3n) is 1.57. The molecule has 5 heteroatoms. The number of aliphatic carboxylic acids is 1. The maximum atomic E-state index is 10.9. The van der Waals surface area contributed by atoms with Crippen LogP contribution >= 0.6 is 0 Å². The first-order chi connectivity index (χ1) is 5.97. The van der Waals surface area contributed by atoms with Crippen molar-refractivity contribution in [2.24, 2.45) is 0 Å². The van der Waals surface area contributed by atoms with E-state index in [1.54, 1.807) is 13.8 Å². The summed E-state index contributed by atoms with van der Waals surface area (Å²) in [4.78, 5) is 21.2. The average Bonchev–Trinajstić information content (AvgIpc) is 2.01. The Morgan fingerprint density at radius 3 is 2.38 bits per heavy atom. The molecular weight excluding hydrogens is 174 g/mol. The van der Waals surface area contributed by atoms with E-state index >= 15 is 0 Å². The summed E-state index contributed by atoms with van der Waals surface area (Å²) < 4.78 is 4.47. The van der Waals surface area contributed by atoms with Gasteiger partial charge in [-0.2, -0.15) is 0 Å². The zero-order chi connectivity index (χ0) is 10.4. The first-order valence-electron chi connectivity index (χ1n) is 4.03. The van der Waals surface area contributed by atoms with E-state index in [0.717, 1.165) is 0 Å². The Hall–Kier alpha value is -1.10. The Morgan fingerprint density at radius 2 is 2.00 bits per heavy atom. The second kappa shape index (κ2) is 5.53. The molecule has 0 amide bonds. The number of rotatable bonds is 5. The van der Waals surface area contributed by atoms with E-state index in [4.69, 9.17) is 5.11 Å². The Kier molecular flexibility index (Phi) is 5.06. The quantitative estimate of drug-likeness (QED) is 0.595. The first-order valence-corrected chi connectivity index (χ1v) is 4.03. The van der Waals surface area contributed by atoms with Gasteiger partial charge in [0.05, 0.1) is 13.5 Å². The van der Waals surface area contributed by atoms with E-state index < -0.39 is 18.0 Å². The van der Waals surface area contributed by atoms with Crippen molar-refractivity contribution in [1.82, 2.24) is 5.32 Å². The minimum absolute atomic E-state index is 0.0126. The second-order valence-electron chi connectivity index (χ2n) is 2.91. The van der Waals surface area contributed by atoms with Crippen molar-refractivity contribution in [3.05, 3.63) is 0 Å². The molecule has 2 N–H and O–H groups in total. The minimum Gasteiger partial charge on any atom is -0.481 e. The van der Waals surface area contributed by atoms with E-state index in [0.29, 0.717) is 0 Å². The van der Waals surface area contributed by atoms with Gasteiger partial charge in [-0.05, 0) is 13.8 Å². The molecule has 0 heterocycles. The van der Waals surface area contributed by atoms with Gasteiger partial charge in [-0.25, -0.2) is 0 Å². The van der Waals surface area contributed by atoms with Crippen LogP contribution in [0.15, 0.2) is 0 Å². The van der Waals surface area contributed by atoms with Gasteiger partial charge in [0.15, 0.2) is 0 Å². The monoisotopic (exact) mass is 189 g/mol. The zero-order valence-corrected chi connectivity index (χ0v) is 8.03. The maximum Gasteiger partial charge on any atom is 0.322 e. The fraction of sp³-hybridized carbons (Fsp3) is 0.750. The van der Waals surface area contributed by atoms with Crippen molar-refractivity contribution in [2.45, 2.75) is 32.4 Å². The molecule has 0 radical (unpaired) electrons. The topological polar surface area (TPSA) is 75.6 Å². The number of carbonyl (C=O) groups is 2. The predicted octanol–water partition coefficient (Wildman–Crippen LogP) is 0.000700. The molecule has 0 rings (SSSR count). The lowest BCUT2D eigenvalue weighted by atomic mass is 10.2. The van der Waals surface area contributed by atoms with Gasteiger partial charge < -0.3 is 15.2 Å². The summed E-state index contributed by atoms with van der Waals surface area (Å²) in [6.45, 7) is 3.33.